The maximum Gasteiger partial charge on any atom is 0.313 e. The molecule has 0 atom stereocenters. The van der Waals surface area contributed by atoms with Crippen LogP contribution >= 0.6 is 23.2 Å². The summed E-state index contributed by atoms with van der Waals surface area (Å²) in [6.07, 6.45) is 4.64. The molecule has 0 spiro atoms. The Labute approximate surface area is 367 Å². The van der Waals surface area contributed by atoms with Gasteiger partial charge in [0, 0.05) is 59.0 Å². The van der Waals surface area contributed by atoms with E-state index in [2.05, 4.69) is 24.8 Å². The predicted molar refractivity (Wildman–Crippen MR) is 237 cm³/mol. The smallest absolute Gasteiger partial charge is 0.313 e. The highest BCUT2D eigenvalue weighted by atomic mass is 35.5. The summed E-state index contributed by atoms with van der Waals surface area (Å²) >= 11 is 12.9. The van der Waals surface area contributed by atoms with E-state index in [0.717, 1.165) is 44.1 Å². The van der Waals surface area contributed by atoms with E-state index in [1.165, 1.54) is 0 Å². The number of aryl methyl sites for hydroxylation is 4. The average Bonchev–Trinajstić information content (AvgIpc) is 4.08. The van der Waals surface area contributed by atoms with Crippen LogP contribution in [0.2, 0.25) is 10.0 Å². The van der Waals surface area contributed by atoms with Crippen LogP contribution in [0.5, 0.6) is 11.5 Å². The van der Waals surface area contributed by atoms with Gasteiger partial charge >= 0.3 is 11.9 Å². The fourth-order valence-electron chi connectivity index (χ4n) is 7.53. The third kappa shape index (κ3) is 8.81. The SMILES string of the molecule is CCn1ccc2c(-c3noc(-c4ccc(OC(C)C)c(Cl)c4)n3)ccc(CCC(=O)OC(=O)CCc3ccc(-c4noc(-c5ccc(OC(C)C)c(Cl)c5)n4)c4ccn(C)c34)c21. The first kappa shape index (κ1) is 42.3. The molecule has 62 heavy (non-hydrogen) atoms. The van der Waals surface area contributed by atoms with Gasteiger partial charge in [0.15, 0.2) is 0 Å². The van der Waals surface area contributed by atoms with Crippen molar-refractivity contribution >= 4 is 56.9 Å². The molecule has 0 aliphatic rings. The Morgan fingerprint density at radius 1 is 0.661 bits per heavy atom. The van der Waals surface area contributed by atoms with Gasteiger partial charge in [-0.05, 0) is 107 Å². The van der Waals surface area contributed by atoms with Crippen molar-refractivity contribution in [1.29, 1.82) is 0 Å². The average molecular weight is 876 g/mol. The fourth-order valence-corrected chi connectivity index (χ4v) is 7.98. The Bertz CT molecular complexity index is 2940. The molecule has 0 aliphatic heterocycles. The minimum atomic E-state index is -0.596. The standard InChI is InChI=1S/C47H44Cl2N6O7/c1-7-55-23-21-33-35(45-51-47(62-53-45)31-11-17-39(37(49)25-31)59-27(4)5)15-9-29(43(33)55)13-19-41(57)60-40(56)18-12-28-8-14-34(32-20-22-54(6)42(28)32)44-50-46(61-52-44)30-10-16-38(36(48)24-30)58-26(2)3/h8-11,14-17,20-27H,7,12-13,18-19H2,1-6H3. The van der Waals surface area contributed by atoms with E-state index in [-0.39, 0.29) is 25.0 Å². The first-order valence-corrected chi connectivity index (χ1v) is 21.1. The zero-order valence-electron chi connectivity index (χ0n) is 35.1. The van der Waals surface area contributed by atoms with Gasteiger partial charge in [-0.1, -0.05) is 57.8 Å². The molecular formula is C47H44Cl2N6O7. The van der Waals surface area contributed by atoms with Crippen LogP contribution in [0.15, 0.2) is 94.2 Å². The highest BCUT2D eigenvalue weighted by molar-refractivity contribution is 6.32. The Balaban J connectivity index is 0.911. The molecule has 0 aliphatic carbocycles. The fraction of sp³-hybridized carbons (Fsp3) is 0.277. The number of fused-ring (bicyclic) bond motifs is 2. The lowest BCUT2D eigenvalue weighted by Crippen LogP contribution is -2.14. The van der Waals surface area contributed by atoms with Crippen molar-refractivity contribution in [3.63, 3.8) is 0 Å². The van der Waals surface area contributed by atoms with E-state index in [0.29, 0.717) is 75.5 Å². The van der Waals surface area contributed by atoms with Gasteiger partial charge in [-0.3, -0.25) is 9.59 Å². The summed E-state index contributed by atoms with van der Waals surface area (Å²) in [4.78, 5) is 35.4. The molecule has 0 bridgehead atoms. The van der Waals surface area contributed by atoms with Gasteiger partial charge in [-0.25, -0.2) is 0 Å². The topological polar surface area (TPSA) is 150 Å². The summed E-state index contributed by atoms with van der Waals surface area (Å²) in [5.74, 6) is 1.43. The molecule has 15 heteroatoms. The third-order valence-corrected chi connectivity index (χ3v) is 10.9. The highest BCUT2D eigenvalue weighted by Crippen LogP contribution is 2.36. The van der Waals surface area contributed by atoms with Crippen molar-refractivity contribution in [2.45, 2.75) is 79.1 Å². The van der Waals surface area contributed by atoms with Crippen molar-refractivity contribution in [2.75, 3.05) is 0 Å². The second kappa shape index (κ2) is 17.9. The number of benzene rings is 4. The number of ether oxygens (including phenoxy) is 3. The van der Waals surface area contributed by atoms with Gasteiger partial charge < -0.3 is 32.4 Å². The van der Waals surface area contributed by atoms with E-state index in [4.69, 9.17) is 46.5 Å². The molecule has 13 nitrogen and oxygen atoms in total. The van der Waals surface area contributed by atoms with Crippen LogP contribution in [0.3, 0.4) is 0 Å². The molecule has 0 N–H and O–H groups in total. The molecular weight excluding hydrogens is 831 g/mol. The molecule has 0 saturated heterocycles. The van der Waals surface area contributed by atoms with Gasteiger partial charge in [0.2, 0.25) is 11.6 Å². The number of nitrogens with zero attached hydrogens (tertiary/aromatic N) is 6. The van der Waals surface area contributed by atoms with E-state index < -0.39 is 11.9 Å². The molecule has 0 fully saturated rings. The van der Waals surface area contributed by atoms with E-state index in [9.17, 15) is 9.59 Å². The van der Waals surface area contributed by atoms with Crippen LogP contribution in [0.1, 0.15) is 58.6 Å². The Kier molecular flexibility index (Phi) is 12.2. The number of esters is 2. The number of hydrogen-bond donors (Lipinski definition) is 0. The van der Waals surface area contributed by atoms with Crippen LogP contribution in [-0.4, -0.2) is 53.6 Å². The Morgan fingerprint density at radius 2 is 1.15 bits per heavy atom. The lowest BCUT2D eigenvalue weighted by molar-refractivity contribution is -0.159. The van der Waals surface area contributed by atoms with Gasteiger partial charge in [0.05, 0.1) is 46.1 Å². The maximum absolute atomic E-state index is 13.1. The lowest BCUT2D eigenvalue weighted by Gasteiger charge is -2.11. The molecule has 4 aromatic carbocycles. The van der Waals surface area contributed by atoms with Gasteiger partial charge in [-0.2, -0.15) is 9.97 Å². The summed E-state index contributed by atoms with van der Waals surface area (Å²) in [5.41, 5.74) is 6.56. The van der Waals surface area contributed by atoms with Gasteiger partial charge in [0.1, 0.15) is 11.5 Å². The number of hydrogen-bond acceptors (Lipinski definition) is 11. The Morgan fingerprint density at radius 3 is 1.63 bits per heavy atom. The van der Waals surface area contributed by atoms with Gasteiger partial charge in [-0.15, -0.1) is 0 Å². The molecule has 8 rings (SSSR count). The summed E-state index contributed by atoms with van der Waals surface area (Å²) in [5, 5.41) is 11.2. The number of carbonyl (C=O) groups is 2. The largest absolute Gasteiger partial charge is 0.489 e. The summed E-state index contributed by atoms with van der Waals surface area (Å²) in [7, 11) is 1.93. The predicted octanol–water partition coefficient (Wildman–Crippen LogP) is 11.1. The molecule has 0 saturated carbocycles. The van der Waals surface area contributed by atoms with Crippen molar-refractivity contribution in [3.8, 4) is 57.2 Å². The van der Waals surface area contributed by atoms with Gasteiger partial charge in [0.25, 0.3) is 11.8 Å². The third-order valence-electron chi connectivity index (χ3n) is 10.3. The molecule has 318 valence electrons. The number of aromatic nitrogens is 6. The summed E-state index contributed by atoms with van der Waals surface area (Å²) < 4.78 is 32.2. The molecule has 0 radical (unpaired) electrons. The van der Waals surface area contributed by atoms with Crippen LogP contribution in [-0.2, 0) is 40.8 Å². The number of carbonyl (C=O) groups excluding carboxylic acids is 2. The van der Waals surface area contributed by atoms with Crippen molar-refractivity contribution < 1.29 is 32.8 Å². The first-order valence-electron chi connectivity index (χ1n) is 20.4. The molecule has 8 aromatic rings. The minimum Gasteiger partial charge on any atom is -0.489 e. The van der Waals surface area contributed by atoms with E-state index >= 15 is 0 Å². The van der Waals surface area contributed by atoms with Crippen molar-refractivity contribution in [2.24, 2.45) is 7.05 Å². The lowest BCUT2D eigenvalue weighted by atomic mass is 10.0. The second-order valence-corrected chi connectivity index (χ2v) is 16.2. The molecule has 0 unspecified atom stereocenters. The second-order valence-electron chi connectivity index (χ2n) is 15.4. The normalized spacial score (nSPS) is 11.6. The summed E-state index contributed by atoms with van der Waals surface area (Å²) in [6.45, 7) is 10.5. The number of rotatable bonds is 15. The van der Waals surface area contributed by atoms with Crippen LogP contribution in [0.4, 0.5) is 0 Å². The zero-order valence-corrected chi connectivity index (χ0v) is 36.6. The first-order chi connectivity index (χ1) is 29.9. The van der Waals surface area contributed by atoms with Crippen molar-refractivity contribution in [3.05, 3.63) is 106 Å². The number of halogens is 2. The molecule has 0 amide bonds. The van der Waals surface area contributed by atoms with Crippen molar-refractivity contribution in [1.82, 2.24) is 29.4 Å². The summed E-state index contributed by atoms with van der Waals surface area (Å²) in [6, 6.07) is 22.4. The minimum absolute atomic E-state index is 0.0153. The molecule has 4 aromatic heterocycles. The van der Waals surface area contributed by atoms with Crippen LogP contribution < -0.4 is 9.47 Å². The highest BCUT2D eigenvalue weighted by Gasteiger charge is 2.21. The van der Waals surface area contributed by atoms with E-state index in [1.807, 2.05) is 107 Å². The maximum atomic E-state index is 13.1. The monoisotopic (exact) mass is 874 g/mol. The molecule has 4 heterocycles. The quantitative estimate of drug-likeness (QED) is 0.0715. The Hall–Kier alpha value is -6.44. The zero-order chi connectivity index (χ0) is 43.7. The van der Waals surface area contributed by atoms with Crippen LogP contribution in [0, 0.1) is 0 Å². The van der Waals surface area contributed by atoms with Crippen LogP contribution in [0.25, 0.3) is 67.5 Å². The van der Waals surface area contributed by atoms with E-state index in [1.54, 1.807) is 24.3 Å².